The van der Waals surface area contributed by atoms with Crippen LogP contribution < -0.4 is 4.74 Å². The van der Waals surface area contributed by atoms with Gasteiger partial charge in [-0.25, -0.2) is 4.39 Å². The van der Waals surface area contributed by atoms with Crippen molar-refractivity contribution in [2.24, 2.45) is 0 Å². The second-order valence-corrected chi connectivity index (χ2v) is 5.20. The van der Waals surface area contributed by atoms with Gasteiger partial charge < -0.3 is 9.15 Å². The molecule has 2 aromatic carbocycles. The highest BCUT2D eigenvalue weighted by atomic mass is 35.5. The van der Waals surface area contributed by atoms with E-state index < -0.39 is 5.82 Å². The first-order valence-electron chi connectivity index (χ1n) is 6.59. The highest BCUT2D eigenvalue weighted by Gasteiger charge is 2.12. The summed E-state index contributed by atoms with van der Waals surface area (Å²) in [5.41, 5.74) is 1.39. The molecule has 1 aromatic heterocycles. The molecular formula is C17H11ClFNO2. The summed E-state index contributed by atoms with van der Waals surface area (Å²) in [6.45, 7) is 1.74. The molecule has 0 aliphatic rings. The second-order valence-electron chi connectivity index (χ2n) is 4.79. The van der Waals surface area contributed by atoms with Gasteiger partial charge in [0.05, 0.1) is 5.02 Å². The number of aryl methyl sites for hydroxylation is 1. The topological polar surface area (TPSA) is 46.2 Å². The Hall–Kier alpha value is -2.51. The summed E-state index contributed by atoms with van der Waals surface area (Å²) in [7, 11) is 0. The van der Waals surface area contributed by atoms with Crippen molar-refractivity contribution in [2.75, 3.05) is 0 Å². The van der Waals surface area contributed by atoms with E-state index in [0.29, 0.717) is 38.6 Å². The Bertz CT molecular complexity index is 875. The van der Waals surface area contributed by atoms with Crippen LogP contribution >= 0.6 is 11.6 Å². The largest absolute Gasteiger partial charge is 0.489 e. The molecule has 0 amide bonds. The van der Waals surface area contributed by atoms with Crippen LogP contribution in [0.4, 0.5) is 4.39 Å². The zero-order valence-electron chi connectivity index (χ0n) is 11.7. The molecule has 0 aliphatic heterocycles. The molecule has 110 valence electrons. The van der Waals surface area contributed by atoms with Gasteiger partial charge in [-0.05, 0) is 37.3 Å². The van der Waals surface area contributed by atoms with Crippen molar-refractivity contribution in [1.82, 2.24) is 0 Å². The summed E-state index contributed by atoms with van der Waals surface area (Å²) in [4.78, 5) is 0. The molecule has 3 nitrogen and oxygen atoms in total. The Balaban J connectivity index is 1.90. The fourth-order valence-electron chi connectivity index (χ4n) is 2.25. The molecule has 0 atom stereocenters. The fraction of sp³-hybridized carbons (Fsp3) is 0.118. The summed E-state index contributed by atoms with van der Waals surface area (Å²) in [6.07, 6.45) is 0. The molecule has 1 heterocycles. The third-order valence-corrected chi connectivity index (χ3v) is 3.75. The molecule has 0 bridgehead atoms. The van der Waals surface area contributed by atoms with Crippen LogP contribution in [0.3, 0.4) is 0 Å². The van der Waals surface area contributed by atoms with Crippen molar-refractivity contribution in [3.63, 3.8) is 0 Å². The molecule has 0 N–H and O–H groups in total. The number of halogens is 2. The zero-order chi connectivity index (χ0) is 15.7. The molecule has 0 saturated heterocycles. The van der Waals surface area contributed by atoms with Gasteiger partial charge in [-0.1, -0.05) is 17.7 Å². The van der Waals surface area contributed by atoms with Crippen LogP contribution in [0.25, 0.3) is 11.0 Å². The zero-order valence-corrected chi connectivity index (χ0v) is 12.4. The number of benzene rings is 2. The van der Waals surface area contributed by atoms with E-state index in [1.54, 1.807) is 37.3 Å². The maximum Gasteiger partial charge on any atom is 0.135 e. The van der Waals surface area contributed by atoms with E-state index >= 15 is 0 Å². The van der Waals surface area contributed by atoms with Crippen molar-refractivity contribution in [2.45, 2.75) is 13.5 Å². The first-order valence-corrected chi connectivity index (χ1v) is 6.97. The Morgan fingerprint density at radius 2 is 2.14 bits per heavy atom. The van der Waals surface area contributed by atoms with Crippen LogP contribution in [0.1, 0.15) is 16.9 Å². The maximum atomic E-state index is 13.7. The van der Waals surface area contributed by atoms with Gasteiger partial charge in [0.15, 0.2) is 0 Å². The number of nitrogens with zero attached hydrogens (tertiary/aromatic N) is 1. The van der Waals surface area contributed by atoms with Gasteiger partial charge in [-0.3, -0.25) is 0 Å². The van der Waals surface area contributed by atoms with Gasteiger partial charge in [0.1, 0.15) is 41.1 Å². The standard InChI is InChI=1S/C17H11ClFNO2/c1-10-13(8-20)12-7-11(5-6-17(12)22-10)21-9-14-15(18)3-2-4-16(14)19/h2-7H,9H2,1H3. The maximum absolute atomic E-state index is 13.7. The first kappa shape index (κ1) is 14.4. The Labute approximate surface area is 131 Å². The lowest BCUT2D eigenvalue weighted by Gasteiger charge is -2.08. The number of furan rings is 1. The molecule has 3 aromatic rings. The van der Waals surface area contributed by atoms with Crippen molar-refractivity contribution in [3.05, 3.63) is 64.1 Å². The van der Waals surface area contributed by atoms with Crippen LogP contribution in [0.2, 0.25) is 5.02 Å². The molecule has 0 saturated carbocycles. The van der Waals surface area contributed by atoms with E-state index in [9.17, 15) is 4.39 Å². The van der Waals surface area contributed by atoms with Crippen molar-refractivity contribution in [3.8, 4) is 11.8 Å². The summed E-state index contributed by atoms with van der Waals surface area (Å²) in [5.74, 6) is 0.668. The SMILES string of the molecule is Cc1oc2ccc(OCc3c(F)cccc3Cl)cc2c1C#N. The number of rotatable bonds is 3. The highest BCUT2D eigenvalue weighted by Crippen LogP contribution is 2.29. The number of ether oxygens (including phenoxy) is 1. The first-order chi connectivity index (χ1) is 10.6. The fourth-order valence-corrected chi connectivity index (χ4v) is 2.47. The molecule has 0 aliphatic carbocycles. The number of nitriles is 1. The Kier molecular flexibility index (Phi) is 3.74. The van der Waals surface area contributed by atoms with Crippen LogP contribution in [-0.4, -0.2) is 0 Å². The van der Waals surface area contributed by atoms with Crippen LogP contribution in [0.15, 0.2) is 40.8 Å². The van der Waals surface area contributed by atoms with Gasteiger partial charge in [0, 0.05) is 10.9 Å². The Morgan fingerprint density at radius 1 is 1.32 bits per heavy atom. The van der Waals surface area contributed by atoms with Gasteiger partial charge >= 0.3 is 0 Å². The quantitative estimate of drug-likeness (QED) is 0.684. The molecule has 0 radical (unpaired) electrons. The van der Waals surface area contributed by atoms with E-state index in [1.165, 1.54) is 6.07 Å². The average molecular weight is 316 g/mol. The van der Waals surface area contributed by atoms with E-state index in [4.69, 9.17) is 26.0 Å². The van der Waals surface area contributed by atoms with Crippen molar-refractivity contribution in [1.29, 1.82) is 5.26 Å². The normalized spacial score (nSPS) is 10.6. The van der Waals surface area contributed by atoms with Gasteiger partial charge in [-0.2, -0.15) is 5.26 Å². The molecule has 5 heteroatoms. The monoisotopic (exact) mass is 315 g/mol. The Morgan fingerprint density at radius 3 is 2.86 bits per heavy atom. The minimum absolute atomic E-state index is 0.00966. The lowest BCUT2D eigenvalue weighted by molar-refractivity contribution is 0.300. The van der Waals surface area contributed by atoms with Gasteiger partial charge in [0.25, 0.3) is 0 Å². The molecule has 0 fully saturated rings. The van der Waals surface area contributed by atoms with Crippen molar-refractivity contribution >= 4 is 22.6 Å². The lowest BCUT2D eigenvalue weighted by atomic mass is 10.1. The van der Waals surface area contributed by atoms with E-state index in [-0.39, 0.29) is 6.61 Å². The molecular weight excluding hydrogens is 305 g/mol. The summed E-state index contributed by atoms with van der Waals surface area (Å²) < 4.78 is 24.8. The summed E-state index contributed by atoms with van der Waals surface area (Å²) in [5, 5.41) is 10.2. The average Bonchev–Trinajstić information content (AvgIpc) is 2.81. The molecule has 22 heavy (non-hydrogen) atoms. The van der Waals surface area contributed by atoms with E-state index in [1.807, 2.05) is 0 Å². The predicted octanol–water partition coefficient (Wildman–Crippen LogP) is 4.98. The third kappa shape index (κ3) is 2.51. The third-order valence-electron chi connectivity index (χ3n) is 3.39. The number of fused-ring (bicyclic) bond motifs is 1. The summed E-state index contributed by atoms with van der Waals surface area (Å²) >= 11 is 5.96. The van der Waals surface area contributed by atoms with Crippen LogP contribution in [-0.2, 0) is 6.61 Å². The van der Waals surface area contributed by atoms with Crippen molar-refractivity contribution < 1.29 is 13.5 Å². The van der Waals surface area contributed by atoms with Gasteiger partial charge in [-0.15, -0.1) is 0 Å². The minimum atomic E-state index is -0.412. The highest BCUT2D eigenvalue weighted by molar-refractivity contribution is 6.31. The van der Waals surface area contributed by atoms with Crippen LogP contribution in [0.5, 0.6) is 5.75 Å². The minimum Gasteiger partial charge on any atom is -0.489 e. The number of hydrogen-bond donors (Lipinski definition) is 0. The lowest BCUT2D eigenvalue weighted by Crippen LogP contribution is -1.99. The molecule has 3 rings (SSSR count). The second kappa shape index (κ2) is 5.70. The molecule has 0 unspecified atom stereocenters. The number of hydrogen-bond acceptors (Lipinski definition) is 3. The predicted molar refractivity (Wildman–Crippen MR) is 81.4 cm³/mol. The van der Waals surface area contributed by atoms with Gasteiger partial charge in [0.2, 0.25) is 0 Å². The van der Waals surface area contributed by atoms with E-state index in [2.05, 4.69) is 6.07 Å². The van der Waals surface area contributed by atoms with Crippen LogP contribution in [0, 0.1) is 24.1 Å². The molecule has 0 spiro atoms. The summed E-state index contributed by atoms with van der Waals surface area (Å²) in [6, 6.07) is 11.7. The van der Waals surface area contributed by atoms with E-state index in [0.717, 1.165) is 0 Å². The smallest absolute Gasteiger partial charge is 0.135 e.